The van der Waals surface area contributed by atoms with Crippen molar-refractivity contribution in [1.82, 2.24) is 16.0 Å². The van der Waals surface area contributed by atoms with E-state index < -0.39 is 24.0 Å². The molecule has 9 nitrogen and oxygen atoms in total. The van der Waals surface area contributed by atoms with Crippen molar-refractivity contribution in [2.24, 2.45) is 0 Å². The Morgan fingerprint density at radius 1 is 0.929 bits per heavy atom. The average molecular weight is 505 g/mol. The number of unbranched alkanes of at least 4 members (excludes halogenated alkanes) is 1. The van der Waals surface area contributed by atoms with Gasteiger partial charge in [-0.1, -0.05) is 0 Å². The molecule has 0 aliphatic carbocycles. The van der Waals surface area contributed by atoms with Crippen molar-refractivity contribution in [3.63, 3.8) is 0 Å². The van der Waals surface area contributed by atoms with Gasteiger partial charge in [-0.15, -0.1) is 0 Å². The largest absolute Gasteiger partial charge is 0.481 e. The molecule has 0 radical (unpaired) electrons. The van der Waals surface area contributed by atoms with Crippen LogP contribution in [0.4, 0.5) is 4.79 Å². The summed E-state index contributed by atoms with van der Waals surface area (Å²) in [5, 5.41) is 25.3. The molecule has 154 valence electrons. The van der Waals surface area contributed by atoms with E-state index in [0.717, 1.165) is 3.57 Å². The van der Waals surface area contributed by atoms with Crippen molar-refractivity contribution in [3.05, 3.63) is 33.4 Å². The Balaban J connectivity index is 2.24. The number of carboxylic acids is 2. The van der Waals surface area contributed by atoms with Crippen molar-refractivity contribution in [2.75, 3.05) is 13.1 Å². The second-order valence-electron chi connectivity index (χ2n) is 6.05. The Labute approximate surface area is 176 Å². The summed E-state index contributed by atoms with van der Waals surface area (Å²) in [6.45, 7) is 0.549. The highest BCUT2D eigenvalue weighted by molar-refractivity contribution is 14.1. The fourth-order valence-electron chi connectivity index (χ4n) is 2.29. The molecule has 1 rings (SSSR count). The van der Waals surface area contributed by atoms with Crippen LogP contribution in [0.15, 0.2) is 24.3 Å². The van der Waals surface area contributed by atoms with Crippen LogP contribution >= 0.6 is 22.6 Å². The number of hydrogen-bond acceptors (Lipinski definition) is 4. The van der Waals surface area contributed by atoms with Crippen LogP contribution in [-0.2, 0) is 9.59 Å². The normalized spacial score (nSPS) is 11.3. The molecule has 0 saturated carbocycles. The summed E-state index contributed by atoms with van der Waals surface area (Å²) in [5.41, 5.74) is 0.560. The summed E-state index contributed by atoms with van der Waals surface area (Å²) in [6.07, 6.45) is 1.49. The molecule has 0 saturated heterocycles. The van der Waals surface area contributed by atoms with Crippen LogP contribution in [-0.4, -0.2) is 53.2 Å². The summed E-state index contributed by atoms with van der Waals surface area (Å²) in [4.78, 5) is 45.3. The lowest BCUT2D eigenvalue weighted by Crippen LogP contribution is -2.46. The lowest BCUT2D eigenvalue weighted by Gasteiger charge is -2.15. The van der Waals surface area contributed by atoms with Crippen LogP contribution in [0.5, 0.6) is 0 Å². The zero-order valence-corrected chi connectivity index (χ0v) is 17.4. The van der Waals surface area contributed by atoms with Crippen molar-refractivity contribution < 1.29 is 29.4 Å². The number of hydrogen-bond donors (Lipinski definition) is 5. The lowest BCUT2D eigenvalue weighted by atomic mass is 10.1. The number of rotatable bonds is 12. The first-order valence-electron chi connectivity index (χ1n) is 8.82. The summed E-state index contributed by atoms with van der Waals surface area (Å²) in [6, 6.07) is 5.44. The van der Waals surface area contributed by atoms with E-state index in [1.54, 1.807) is 12.1 Å². The third-order valence-corrected chi connectivity index (χ3v) is 4.49. The zero-order valence-electron chi connectivity index (χ0n) is 15.2. The smallest absolute Gasteiger partial charge is 0.326 e. The molecule has 1 aromatic rings. The molecule has 3 amide bonds. The number of amides is 3. The fraction of sp³-hybridized carbons (Fsp3) is 0.444. The van der Waals surface area contributed by atoms with Gasteiger partial charge in [0.2, 0.25) is 0 Å². The Morgan fingerprint density at radius 2 is 1.57 bits per heavy atom. The first kappa shape index (κ1) is 23.7. The Morgan fingerprint density at radius 3 is 2.18 bits per heavy atom. The SMILES string of the molecule is O=C(O)CCCNC(=O)N[C@@H](CCCCNC(=O)c1ccc(I)cc1)C(=O)O. The highest BCUT2D eigenvalue weighted by Crippen LogP contribution is 2.07. The predicted octanol–water partition coefficient (Wildman–Crippen LogP) is 1.81. The molecule has 0 unspecified atom stereocenters. The van der Waals surface area contributed by atoms with E-state index in [0.29, 0.717) is 24.9 Å². The van der Waals surface area contributed by atoms with E-state index in [2.05, 4.69) is 38.5 Å². The molecule has 0 bridgehead atoms. The molecule has 0 heterocycles. The molecule has 10 heteroatoms. The van der Waals surface area contributed by atoms with Crippen LogP contribution in [0, 0.1) is 3.57 Å². The summed E-state index contributed by atoms with van der Waals surface area (Å²) in [5.74, 6) is -2.30. The molecule has 1 aromatic carbocycles. The molecule has 0 fully saturated rings. The Bertz CT molecular complexity index is 680. The minimum absolute atomic E-state index is 0.0728. The first-order chi connectivity index (χ1) is 13.3. The van der Waals surface area contributed by atoms with Crippen molar-refractivity contribution >= 4 is 46.5 Å². The molecule has 0 spiro atoms. The third-order valence-electron chi connectivity index (χ3n) is 3.77. The molecule has 5 N–H and O–H groups in total. The standard InChI is InChI=1S/C18H24IN3O6/c19-13-8-6-12(7-9-13)16(25)20-10-2-1-4-14(17(26)27)22-18(28)21-11-3-5-15(23)24/h6-9,14H,1-5,10-11H2,(H,20,25)(H,23,24)(H,26,27)(H2,21,22,28)/t14-/m0/s1. The Kier molecular flexibility index (Phi) is 10.9. The van der Waals surface area contributed by atoms with Crippen LogP contribution in [0.1, 0.15) is 42.5 Å². The van der Waals surface area contributed by atoms with Gasteiger partial charge in [-0.25, -0.2) is 9.59 Å². The maximum atomic E-state index is 12.0. The molecular weight excluding hydrogens is 481 g/mol. The van der Waals surface area contributed by atoms with E-state index >= 15 is 0 Å². The molecule has 0 aliphatic rings. The predicted molar refractivity (Wildman–Crippen MR) is 110 cm³/mol. The number of halogens is 1. The summed E-state index contributed by atoms with van der Waals surface area (Å²) in [7, 11) is 0. The van der Waals surface area contributed by atoms with E-state index in [9.17, 15) is 24.3 Å². The van der Waals surface area contributed by atoms with Crippen LogP contribution in [0.2, 0.25) is 0 Å². The number of benzene rings is 1. The van der Waals surface area contributed by atoms with Gasteiger partial charge < -0.3 is 26.2 Å². The van der Waals surface area contributed by atoms with E-state index in [1.807, 2.05) is 12.1 Å². The summed E-state index contributed by atoms with van der Waals surface area (Å²) >= 11 is 2.15. The van der Waals surface area contributed by atoms with Crippen LogP contribution < -0.4 is 16.0 Å². The number of carbonyl (C=O) groups is 4. The van der Waals surface area contributed by atoms with Crippen LogP contribution in [0.25, 0.3) is 0 Å². The first-order valence-corrected chi connectivity index (χ1v) is 9.90. The second-order valence-corrected chi connectivity index (χ2v) is 7.29. The lowest BCUT2D eigenvalue weighted by molar-refractivity contribution is -0.139. The van der Waals surface area contributed by atoms with Gasteiger partial charge in [0.05, 0.1) is 0 Å². The number of nitrogens with one attached hydrogen (secondary N) is 3. The number of urea groups is 1. The van der Waals surface area contributed by atoms with Gasteiger partial charge in [0, 0.05) is 28.6 Å². The zero-order chi connectivity index (χ0) is 20.9. The Hall–Kier alpha value is -2.37. The maximum Gasteiger partial charge on any atom is 0.326 e. The van der Waals surface area contributed by atoms with Gasteiger partial charge in [-0.2, -0.15) is 0 Å². The summed E-state index contributed by atoms with van der Waals surface area (Å²) < 4.78 is 1.03. The molecule has 0 aromatic heterocycles. The molecule has 1 atom stereocenters. The third kappa shape index (κ3) is 10.1. The molecule has 28 heavy (non-hydrogen) atoms. The van der Waals surface area contributed by atoms with Crippen molar-refractivity contribution in [3.8, 4) is 0 Å². The minimum Gasteiger partial charge on any atom is -0.481 e. The van der Waals surface area contributed by atoms with Gasteiger partial charge in [-0.3, -0.25) is 9.59 Å². The highest BCUT2D eigenvalue weighted by Gasteiger charge is 2.19. The maximum absolute atomic E-state index is 12.0. The van der Waals surface area contributed by atoms with E-state index in [4.69, 9.17) is 5.11 Å². The fourth-order valence-corrected chi connectivity index (χ4v) is 2.65. The minimum atomic E-state index is -1.15. The van der Waals surface area contributed by atoms with Gasteiger partial charge in [0.25, 0.3) is 5.91 Å². The second kappa shape index (κ2) is 12.9. The molecular formula is C18H24IN3O6. The topological polar surface area (TPSA) is 145 Å². The highest BCUT2D eigenvalue weighted by atomic mass is 127. The van der Waals surface area contributed by atoms with Gasteiger partial charge in [0.1, 0.15) is 6.04 Å². The van der Waals surface area contributed by atoms with Crippen molar-refractivity contribution in [1.29, 1.82) is 0 Å². The van der Waals surface area contributed by atoms with Crippen LogP contribution in [0.3, 0.4) is 0 Å². The van der Waals surface area contributed by atoms with Gasteiger partial charge >= 0.3 is 18.0 Å². The van der Waals surface area contributed by atoms with Gasteiger partial charge in [-0.05, 0) is 72.5 Å². The van der Waals surface area contributed by atoms with E-state index in [-0.39, 0.29) is 31.7 Å². The molecule has 0 aliphatic heterocycles. The van der Waals surface area contributed by atoms with Gasteiger partial charge in [0.15, 0.2) is 0 Å². The monoisotopic (exact) mass is 505 g/mol. The number of aliphatic carboxylic acids is 2. The number of carboxylic acid groups (broad SMARTS) is 2. The van der Waals surface area contributed by atoms with E-state index in [1.165, 1.54) is 0 Å². The van der Waals surface area contributed by atoms with Crippen molar-refractivity contribution in [2.45, 2.75) is 38.1 Å². The quantitative estimate of drug-likeness (QED) is 0.217. The average Bonchev–Trinajstić information content (AvgIpc) is 2.64. The number of carbonyl (C=O) groups excluding carboxylic acids is 2.